The summed E-state index contributed by atoms with van der Waals surface area (Å²) in [5, 5.41) is 3.11. The predicted molar refractivity (Wildman–Crippen MR) is 62.4 cm³/mol. The first-order valence-corrected chi connectivity index (χ1v) is 5.86. The maximum Gasteiger partial charge on any atom is 0.0337 e. The van der Waals surface area contributed by atoms with Gasteiger partial charge in [-0.15, -0.1) is 0 Å². The average molecular weight is 195 g/mol. The first kappa shape index (κ1) is 10.5. The zero-order valence-electron chi connectivity index (χ0n) is 8.34. The molecule has 0 unspecified atom stereocenters. The molecule has 0 aliphatic rings. The monoisotopic (exact) mass is 195 g/mol. The molecule has 0 bridgehead atoms. The zero-order valence-corrected chi connectivity index (χ0v) is 9.16. The molecule has 0 aromatic heterocycles. The van der Waals surface area contributed by atoms with E-state index in [1.165, 1.54) is 23.4 Å². The van der Waals surface area contributed by atoms with Gasteiger partial charge in [0.25, 0.3) is 0 Å². The smallest absolute Gasteiger partial charge is 0.0337 e. The van der Waals surface area contributed by atoms with E-state index in [9.17, 15) is 0 Å². The molecule has 0 saturated heterocycles. The number of thioether (sulfide) groups is 1. The third kappa shape index (κ3) is 3.73. The fraction of sp³-hybridized carbons (Fsp3) is 0.455. The first-order valence-electron chi connectivity index (χ1n) is 4.71. The topological polar surface area (TPSA) is 12.0 Å². The van der Waals surface area contributed by atoms with Crippen LogP contribution in [0, 0.1) is 0 Å². The van der Waals surface area contributed by atoms with Gasteiger partial charge in [-0.25, -0.2) is 0 Å². The van der Waals surface area contributed by atoms with Gasteiger partial charge in [0.1, 0.15) is 0 Å². The fourth-order valence-corrected chi connectivity index (χ4v) is 1.96. The van der Waals surface area contributed by atoms with Crippen molar-refractivity contribution in [3.8, 4) is 0 Å². The summed E-state index contributed by atoms with van der Waals surface area (Å²) in [6.07, 6.45) is 1.26. The summed E-state index contributed by atoms with van der Waals surface area (Å²) in [6.45, 7) is 2.22. The van der Waals surface area contributed by atoms with Crippen LogP contribution in [0.1, 0.15) is 18.9 Å². The molecule has 0 aliphatic heterocycles. The Kier molecular flexibility index (Phi) is 4.76. The third-order valence-corrected chi connectivity index (χ3v) is 3.09. The van der Waals surface area contributed by atoms with Crippen molar-refractivity contribution >= 4 is 17.4 Å². The lowest BCUT2D eigenvalue weighted by atomic mass is 10.2. The summed E-state index contributed by atoms with van der Waals surface area (Å²) >= 11 is 2.00. The summed E-state index contributed by atoms with van der Waals surface area (Å²) in [7, 11) is 1.95. The van der Waals surface area contributed by atoms with Crippen LogP contribution in [0.15, 0.2) is 24.3 Å². The fourth-order valence-electron chi connectivity index (χ4n) is 1.10. The summed E-state index contributed by atoms with van der Waals surface area (Å²) in [4.78, 5) is 0. The Morgan fingerprint density at radius 1 is 1.23 bits per heavy atom. The van der Waals surface area contributed by atoms with Crippen molar-refractivity contribution in [2.24, 2.45) is 0 Å². The second-order valence-corrected chi connectivity index (χ2v) is 4.10. The SMILES string of the molecule is CCCSCc1ccc(NC)cc1. The van der Waals surface area contributed by atoms with E-state index in [0.717, 1.165) is 5.75 Å². The summed E-state index contributed by atoms with van der Waals surface area (Å²) in [5.74, 6) is 2.39. The molecule has 0 saturated carbocycles. The molecule has 72 valence electrons. The second-order valence-electron chi connectivity index (χ2n) is 3.00. The minimum Gasteiger partial charge on any atom is -0.388 e. The largest absolute Gasteiger partial charge is 0.388 e. The quantitative estimate of drug-likeness (QED) is 0.723. The summed E-state index contributed by atoms with van der Waals surface area (Å²) < 4.78 is 0. The van der Waals surface area contributed by atoms with E-state index in [1.54, 1.807) is 0 Å². The molecule has 0 radical (unpaired) electrons. The molecule has 0 amide bonds. The third-order valence-electron chi connectivity index (χ3n) is 1.86. The van der Waals surface area contributed by atoms with E-state index in [0.29, 0.717) is 0 Å². The zero-order chi connectivity index (χ0) is 9.52. The number of hydrogen-bond acceptors (Lipinski definition) is 2. The van der Waals surface area contributed by atoms with Crippen molar-refractivity contribution < 1.29 is 0 Å². The van der Waals surface area contributed by atoms with Crippen molar-refractivity contribution in [1.29, 1.82) is 0 Å². The minimum absolute atomic E-state index is 1.14. The Bertz CT molecular complexity index is 230. The highest BCUT2D eigenvalue weighted by molar-refractivity contribution is 7.98. The van der Waals surface area contributed by atoms with Gasteiger partial charge in [-0.1, -0.05) is 19.1 Å². The van der Waals surface area contributed by atoms with Gasteiger partial charge in [-0.05, 0) is 29.9 Å². The van der Waals surface area contributed by atoms with Gasteiger partial charge in [-0.3, -0.25) is 0 Å². The van der Waals surface area contributed by atoms with Gasteiger partial charge in [0.05, 0.1) is 0 Å². The second kappa shape index (κ2) is 5.92. The van der Waals surface area contributed by atoms with E-state index < -0.39 is 0 Å². The number of anilines is 1. The van der Waals surface area contributed by atoms with Gasteiger partial charge < -0.3 is 5.32 Å². The Balaban J connectivity index is 2.40. The van der Waals surface area contributed by atoms with Crippen molar-refractivity contribution in [2.45, 2.75) is 19.1 Å². The van der Waals surface area contributed by atoms with Gasteiger partial charge in [0.2, 0.25) is 0 Å². The van der Waals surface area contributed by atoms with Crippen LogP contribution >= 0.6 is 11.8 Å². The lowest BCUT2D eigenvalue weighted by Gasteiger charge is -2.02. The molecule has 0 spiro atoms. The van der Waals surface area contributed by atoms with Crippen LogP contribution in [0.25, 0.3) is 0 Å². The molecular weight excluding hydrogens is 178 g/mol. The van der Waals surface area contributed by atoms with E-state index in [-0.39, 0.29) is 0 Å². The van der Waals surface area contributed by atoms with Crippen molar-refractivity contribution in [3.63, 3.8) is 0 Å². The highest BCUT2D eigenvalue weighted by Crippen LogP contribution is 2.15. The van der Waals surface area contributed by atoms with E-state index >= 15 is 0 Å². The lowest BCUT2D eigenvalue weighted by Crippen LogP contribution is -1.88. The van der Waals surface area contributed by atoms with E-state index in [1.807, 2.05) is 18.8 Å². The number of nitrogens with one attached hydrogen (secondary N) is 1. The summed E-state index contributed by atoms with van der Waals surface area (Å²) in [6, 6.07) is 8.63. The van der Waals surface area contributed by atoms with Crippen LogP contribution in [0.2, 0.25) is 0 Å². The van der Waals surface area contributed by atoms with Gasteiger partial charge in [0, 0.05) is 18.5 Å². The maximum atomic E-state index is 3.11. The molecule has 13 heavy (non-hydrogen) atoms. The molecule has 1 aromatic carbocycles. The van der Waals surface area contributed by atoms with Crippen LogP contribution in [-0.4, -0.2) is 12.8 Å². The molecule has 0 heterocycles. The van der Waals surface area contributed by atoms with Gasteiger partial charge in [-0.2, -0.15) is 11.8 Å². The highest BCUT2D eigenvalue weighted by Gasteiger charge is 1.92. The number of benzene rings is 1. The van der Waals surface area contributed by atoms with Crippen molar-refractivity contribution in [1.82, 2.24) is 0 Å². The average Bonchev–Trinajstić information content (AvgIpc) is 2.19. The molecular formula is C11H17NS. The van der Waals surface area contributed by atoms with Crippen LogP contribution in [-0.2, 0) is 5.75 Å². The molecule has 1 rings (SSSR count). The van der Waals surface area contributed by atoms with Crippen LogP contribution in [0.5, 0.6) is 0 Å². The molecule has 1 nitrogen and oxygen atoms in total. The Morgan fingerprint density at radius 2 is 1.92 bits per heavy atom. The van der Waals surface area contributed by atoms with Crippen LogP contribution in [0.4, 0.5) is 5.69 Å². The molecule has 0 fully saturated rings. The van der Waals surface area contributed by atoms with Crippen molar-refractivity contribution in [2.75, 3.05) is 18.1 Å². The minimum atomic E-state index is 1.14. The molecule has 1 N–H and O–H groups in total. The summed E-state index contributed by atoms with van der Waals surface area (Å²) in [5.41, 5.74) is 2.60. The van der Waals surface area contributed by atoms with E-state index in [2.05, 4.69) is 36.5 Å². The molecule has 0 aliphatic carbocycles. The Morgan fingerprint density at radius 3 is 2.46 bits per heavy atom. The standard InChI is InChI=1S/C11H17NS/c1-3-8-13-9-10-4-6-11(12-2)7-5-10/h4-7,12H,3,8-9H2,1-2H3. The molecule has 0 atom stereocenters. The van der Waals surface area contributed by atoms with Crippen LogP contribution in [0.3, 0.4) is 0 Å². The normalized spacial score (nSPS) is 10.0. The maximum absolute atomic E-state index is 3.11. The van der Waals surface area contributed by atoms with Gasteiger partial charge in [0.15, 0.2) is 0 Å². The number of rotatable bonds is 5. The first-order chi connectivity index (χ1) is 6.36. The van der Waals surface area contributed by atoms with E-state index in [4.69, 9.17) is 0 Å². The Labute approximate surface area is 84.9 Å². The van der Waals surface area contributed by atoms with Crippen LogP contribution < -0.4 is 5.32 Å². The van der Waals surface area contributed by atoms with Gasteiger partial charge >= 0.3 is 0 Å². The Hall–Kier alpha value is -0.630. The lowest BCUT2D eigenvalue weighted by molar-refractivity contribution is 1.10. The van der Waals surface area contributed by atoms with Crippen molar-refractivity contribution in [3.05, 3.63) is 29.8 Å². The molecule has 2 heteroatoms. The molecule has 1 aromatic rings. The number of hydrogen-bond donors (Lipinski definition) is 1. The predicted octanol–water partition coefficient (Wildman–Crippen LogP) is 3.37. The highest BCUT2D eigenvalue weighted by atomic mass is 32.2.